The van der Waals surface area contributed by atoms with Crippen molar-refractivity contribution in [3.8, 4) is 5.75 Å². The molecular formula is C25H23FO2. The Morgan fingerprint density at radius 2 is 1.57 bits per heavy atom. The van der Waals surface area contributed by atoms with E-state index in [2.05, 4.69) is 0 Å². The van der Waals surface area contributed by atoms with E-state index in [1.165, 1.54) is 6.07 Å². The van der Waals surface area contributed by atoms with Crippen LogP contribution >= 0.6 is 0 Å². The predicted octanol–water partition coefficient (Wildman–Crippen LogP) is 5.83. The quantitative estimate of drug-likeness (QED) is 0.561. The Hall–Kier alpha value is -2.94. The van der Waals surface area contributed by atoms with Gasteiger partial charge in [-0.3, -0.25) is 4.79 Å². The van der Waals surface area contributed by atoms with Gasteiger partial charge in [-0.2, -0.15) is 0 Å². The third-order valence-electron chi connectivity index (χ3n) is 5.61. The summed E-state index contributed by atoms with van der Waals surface area (Å²) in [6, 6.07) is 24.2. The normalized spacial score (nSPS) is 19.4. The number of halogens is 1. The lowest BCUT2D eigenvalue weighted by Crippen LogP contribution is -2.40. The predicted molar refractivity (Wildman–Crippen MR) is 108 cm³/mol. The SMILES string of the molecule is O=C1CCCCC1(c1ccc(OCc2ccccc2)cc1)c1ccccc1F. The second-order valence-electron chi connectivity index (χ2n) is 7.31. The van der Waals surface area contributed by atoms with E-state index in [1.54, 1.807) is 18.2 Å². The zero-order valence-corrected chi connectivity index (χ0v) is 15.7. The number of ether oxygens (including phenoxy) is 1. The van der Waals surface area contributed by atoms with Gasteiger partial charge in [-0.05, 0) is 42.2 Å². The van der Waals surface area contributed by atoms with Gasteiger partial charge in [-0.1, -0.05) is 67.1 Å². The summed E-state index contributed by atoms with van der Waals surface area (Å²) in [4.78, 5) is 13.1. The zero-order chi connectivity index (χ0) is 19.4. The van der Waals surface area contributed by atoms with Crippen LogP contribution in [-0.2, 0) is 16.8 Å². The van der Waals surface area contributed by atoms with Crippen LogP contribution in [0.3, 0.4) is 0 Å². The lowest BCUT2D eigenvalue weighted by atomic mass is 9.64. The minimum atomic E-state index is -0.901. The van der Waals surface area contributed by atoms with Crippen molar-refractivity contribution >= 4 is 5.78 Å². The molecule has 3 heteroatoms. The Morgan fingerprint density at radius 3 is 2.29 bits per heavy atom. The first kappa shape index (κ1) is 18.4. The number of ketones is 1. The third-order valence-corrected chi connectivity index (χ3v) is 5.61. The number of carbonyl (C=O) groups excluding carboxylic acids is 1. The first-order valence-corrected chi connectivity index (χ1v) is 9.76. The summed E-state index contributed by atoms with van der Waals surface area (Å²) >= 11 is 0. The highest BCUT2D eigenvalue weighted by Crippen LogP contribution is 2.43. The molecule has 0 aliphatic heterocycles. The van der Waals surface area contributed by atoms with E-state index in [-0.39, 0.29) is 11.6 Å². The lowest BCUT2D eigenvalue weighted by molar-refractivity contribution is -0.125. The van der Waals surface area contributed by atoms with E-state index in [1.807, 2.05) is 54.6 Å². The minimum Gasteiger partial charge on any atom is -0.489 e. The maximum atomic E-state index is 14.7. The molecule has 0 spiro atoms. The van der Waals surface area contributed by atoms with E-state index < -0.39 is 5.41 Å². The lowest BCUT2D eigenvalue weighted by Gasteiger charge is -2.37. The van der Waals surface area contributed by atoms with Crippen molar-refractivity contribution in [2.24, 2.45) is 0 Å². The highest BCUT2D eigenvalue weighted by molar-refractivity contribution is 5.94. The van der Waals surface area contributed by atoms with Crippen LogP contribution in [0.5, 0.6) is 5.75 Å². The molecule has 0 saturated heterocycles. The van der Waals surface area contributed by atoms with Crippen LogP contribution in [0.1, 0.15) is 42.4 Å². The van der Waals surface area contributed by atoms with Gasteiger partial charge in [-0.15, -0.1) is 0 Å². The topological polar surface area (TPSA) is 26.3 Å². The molecule has 2 nitrogen and oxygen atoms in total. The summed E-state index contributed by atoms with van der Waals surface area (Å²) in [5, 5.41) is 0. The van der Waals surface area contributed by atoms with Gasteiger partial charge < -0.3 is 4.74 Å². The molecule has 1 saturated carbocycles. The second kappa shape index (κ2) is 7.97. The molecule has 1 aliphatic rings. The van der Waals surface area contributed by atoms with Crippen LogP contribution in [0.15, 0.2) is 78.9 Å². The van der Waals surface area contributed by atoms with Crippen molar-refractivity contribution in [3.63, 3.8) is 0 Å². The Bertz CT molecular complexity index is 950. The summed E-state index contributed by atoms with van der Waals surface area (Å²) in [5.74, 6) is 0.517. The average molecular weight is 374 g/mol. The molecule has 0 N–H and O–H groups in total. The highest BCUT2D eigenvalue weighted by atomic mass is 19.1. The van der Waals surface area contributed by atoms with Gasteiger partial charge in [0.25, 0.3) is 0 Å². The van der Waals surface area contributed by atoms with Gasteiger partial charge in [0.2, 0.25) is 0 Å². The largest absolute Gasteiger partial charge is 0.489 e. The first-order valence-electron chi connectivity index (χ1n) is 9.76. The molecule has 3 aromatic carbocycles. The van der Waals surface area contributed by atoms with E-state index in [4.69, 9.17) is 4.74 Å². The number of carbonyl (C=O) groups is 1. The molecule has 0 aromatic heterocycles. The van der Waals surface area contributed by atoms with Crippen molar-refractivity contribution in [2.45, 2.75) is 37.7 Å². The molecule has 0 amide bonds. The number of Topliss-reactive ketones (excluding diaryl/α,β-unsaturated/α-hetero) is 1. The van der Waals surface area contributed by atoms with E-state index in [0.29, 0.717) is 25.0 Å². The second-order valence-corrected chi connectivity index (χ2v) is 7.31. The maximum Gasteiger partial charge on any atom is 0.147 e. The summed E-state index contributed by atoms with van der Waals surface area (Å²) in [6.07, 6.45) is 2.90. The zero-order valence-electron chi connectivity index (χ0n) is 15.7. The van der Waals surface area contributed by atoms with Crippen molar-refractivity contribution < 1.29 is 13.9 Å². The van der Waals surface area contributed by atoms with Crippen molar-refractivity contribution in [2.75, 3.05) is 0 Å². The molecule has 1 aliphatic carbocycles. The van der Waals surface area contributed by atoms with Gasteiger partial charge in [0.15, 0.2) is 0 Å². The van der Waals surface area contributed by atoms with Crippen LogP contribution in [0.2, 0.25) is 0 Å². The molecular weight excluding hydrogens is 351 g/mol. The standard InChI is InChI=1S/C25H23FO2/c26-23-11-5-4-10-22(23)25(17-7-6-12-24(25)27)20-13-15-21(16-14-20)28-18-19-8-2-1-3-9-19/h1-5,8-11,13-16H,6-7,12,17-18H2. The van der Waals surface area contributed by atoms with Gasteiger partial charge >= 0.3 is 0 Å². The molecule has 0 heterocycles. The summed E-state index contributed by atoms with van der Waals surface area (Å²) in [5.41, 5.74) is 1.52. The van der Waals surface area contributed by atoms with Crippen LogP contribution in [0.4, 0.5) is 4.39 Å². The minimum absolute atomic E-state index is 0.0989. The Kier molecular flexibility index (Phi) is 5.25. The molecule has 1 fully saturated rings. The molecule has 1 atom stereocenters. The van der Waals surface area contributed by atoms with Gasteiger partial charge in [-0.25, -0.2) is 4.39 Å². The molecule has 142 valence electrons. The molecule has 4 rings (SSSR count). The molecule has 28 heavy (non-hydrogen) atoms. The van der Waals surface area contributed by atoms with Crippen LogP contribution < -0.4 is 4.74 Å². The fraction of sp³-hybridized carbons (Fsp3) is 0.240. The Labute approximate surface area is 165 Å². The van der Waals surface area contributed by atoms with Crippen molar-refractivity contribution in [1.29, 1.82) is 0 Å². The number of hydrogen-bond donors (Lipinski definition) is 0. The number of hydrogen-bond acceptors (Lipinski definition) is 2. The summed E-state index contributed by atoms with van der Waals surface area (Å²) in [6.45, 7) is 0.484. The fourth-order valence-corrected chi connectivity index (χ4v) is 4.16. The van der Waals surface area contributed by atoms with E-state index in [0.717, 1.165) is 29.7 Å². The smallest absolute Gasteiger partial charge is 0.147 e. The Morgan fingerprint density at radius 1 is 0.857 bits per heavy atom. The average Bonchev–Trinajstić information content (AvgIpc) is 2.75. The van der Waals surface area contributed by atoms with E-state index in [9.17, 15) is 9.18 Å². The molecule has 0 radical (unpaired) electrons. The van der Waals surface area contributed by atoms with Crippen LogP contribution in [0.25, 0.3) is 0 Å². The molecule has 0 bridgehead atoms. The van der Waals surface area contributed by atoms with Gasteiger partial charge in [0.05, 0.1) is 5.41 Å². The molecule has 3 aromatic rings. The van der Waals surface area contributed by atoms with Crippen LogP contribution in [0, 0.1) is 5.82 Å². The first-order chi connectivity index (χ1) is 13.7. The summed E-state index contributed by atoms with van der Waals surface area (Å²) in [7, 11) is 0. The number of rotatable bonds is 5. The Balaban J connectivity index is 1.64. The third kappa shape index (κ3) is 3.45. The van der Waals surface area contributed by atoms with Crippen molar-refractivity contribution in [1.82, 2.24) is 0 Å². The van der Waals surface area contributed by atoms with Crippen molar-refractivity contribution in [3.05, 3.63) is 101 Å². The summed E-state index contributed by atoms with van der Waals surface area (Å²) < 4.78 is 20.6. The number of benzene rings is 3. The van der Waals surface area contributed by atoms with Gasteiger partial charge in [0.1, 0.15) is 24.0 Å². The van der Waals surface area contributed by atoms with E-state index >= 15 is 0 Å². The van der Waals surface area contributed by atoms with Crippen LogP contribution in [-0.4, -0.2) is 5.78 Å². The monoisotopic (exact) mass is 374 g/mol. The van der Waals surface area contributed by atoms with Gasteiger partial charge in [0, 0.05) is 12.0 Å². The fourth-order valence-electron chi connectivity index (χ4n) is 4.16. The maximum absolute atomic E-state index is 14.7. The highest BCUT2D eigenvalue weighted by Gasteiger charge is 2.44. The molecule has 1 unspecified atom stereocenters.